The van der Waals surface area contributed by atoms with Crippen molar-refractivity contribution in [2.24, 2.45) is 0 Å². The van der Waals surface area contributed by atoms with Gasteiger partial charge in [0, 0.05) is 51.0 Å². The molecule has 1 amide bonds. The van der Waals surface area contributed by atoms with Crippen molar-refractivity contribution in [2.45, 2.75) is 19.3 Å². The van der Waals surface area contributed by atoms with Crippen LogP contribution in [-0.4, -0.2) is 70.1 Å². The van der Waals surface area contributed by atoms with E-state index in [1.165, 1.54) is 7.11 Å². The molecule has 3 rings (SSSR count). The molecule has 0 aromatic heterocycles. The molecule has 0 spiro atoms. The predicted octanol–water partition coefficient (Wildman–Crippen LogP) is 3.46. The number of methoxy groups -OCH3 is 2. The molecule has 1 aliphatic rings. The van der Waals surface area contributed by atoms with E-state index < -0.39 is 0 Å². The van der Waals surface area contributed by atoms with Crippen molar-refractivity contribution < 1.29 is 19.1 Å². The van der Waals surface area contributed by atoms with Gasteiger partial charge in [-0.05, 0) is 43.7 Å². The van der Waals surface area contributed by atoms with Gasteiger partial charge in [-0.25, -0.2) is 0 Å². The first-order chi connectivity index (χ1) is 15.6. The third kappa shape index (κ3) is 6.80. The summed E-state index contributed by atoms with van der Waals surface area (Å²) < 4.78 is 10.3. The topological polar surface area (TPSA) is 71.1 Å². The number of nitrogens with one attached hydrogen (secondary N) is 1. The third-order valence-corrected chi connectivity index (χ3v) is 5.67. The van der Waals surface area contributed by atoms with Gasteiger partial charge in [0.25, 0.3) is 0 Å². The Morgan fingerprint density at radius 1 is 0.969 bits per heavy atom. The summed E-state index contributed by atoms with van der Waals surface area (Å²) in [6.07, 6.45) is 2.35. The molecule has 0 saturated carbocycles. The van der Waals surface area contributed by atoms with Gasteiger partial charge in [-0.15, -0.1) is 0 Å². The third-order valence-electron chi connectivity index (χ3n) is 5.67. The maximum atomic E-state index is 12.6. The predicted molar refractivity (Wildman–Crippen MR) is 127 cm³/mol. The highest BCUT2D eigenvalue weighted by molar-refractivity contribution is 5.98. The maximum Gasteiger partial charge on any atom is 0.250 e. The Balaban J connectivity index is 1.38. The Morgan fingerprint density at radius 2 is 1.75 bits per heavy atom. The van der Waals surface area contributed by atoms with Crippen LogP contribution in [0.5, 0.6) is 5.75 Å². The quantitative estimate of drug-likeness (QED) is 0.427. The van der Waals surface area contributed by atoms with Crippen LogP contribution in [0.2, 0.25) is 0 Å². The number of amides is 1. The molecule has 32 heavy (non-hydrogen) atoms. The lowest BCUT2D eigenvalue weighted by molar-refractivity contribution is -0.119. The van der Waals surface area contributed by atoms with Gasteiger partial charge in [0.15, 0.2) is 5.78 Å². The van der Waals surface area contributed by atoms with Gasteiger partial charge in [0.1, 0.15) is 12.4 Å². The van der Waals surface area contributed by atoms with E-state index in [0.717, 1.165) is 57.0 Å². The highest BCUT2D eigenvalue weighted by Gasteiger charge is 2.19. The van der Waals surface area contributed by atoms with E-state index in [-0.39, 0.29) is 18.3 Å². The van der Waals surface area contributed by atoms with E-state index in [0.29, 0.717) is 17.7 Å². The lowest BCUT2D eigenvalue weighted by Crippen LogP contribution is -2.46. The molecule has 0 aliphatic carbocycles. The van der Waals surface area contributed by atoms with Crippen LogP contribution in [0.3, 0.4) is 0 Å². The van der Waals surface area contributed by atoms with Crippen molar-refractivity contribution in [3.63, 3.8) is 0 Å². The average molecular weight is 440 g/mol. The SMILES string of the molecule is COCC(=O)Nc1cccc(C(=O)CCCCN2CCN(c3ccccc3OC)CC2)c1. The fourth-order valence-electron chi connectivity index (χ4n) is 3.97. The summed E-state index contributed by atoms with van der Waals surface area (Å²) in [5.74, 6) is 0.790. The van der Waals surface area contributed by atoms with E-state index in [4.69, 9.17) is 9.47 Å². The van der Waals surface area contributed by atoms with Crippen molar-refractivity contribution in [3.8, 4) is 5.75 Å². The van der Waals surface area contributed by atoms with Crippen LogP contribution in [-0.2, 0) is 9.53 Å². The van der Waals surface area contributed by atoms with Gasteiger partial charge in [0.05, 0.1) is 12.8 Å². The molecule has 1 saturated heterocycles. The number of para-hydroxylation sites is 2. The van der Waals surface area contributed by atoms with Crippen LogP contribution < -0.4 is 15.0 Å². The van der Waals surface area contributed by atoms with Gasteiger partial charge in [-0.1, -0.05) is 24.3 Å². The number of carbonyl (C=O) groups is 2. The van der Waals surface area contributed by atoms with Crippen molar-refractivity contribution >= 4 is 23.1 Å². The molecule has 7 heteroatoms. The zero-order valence-corrected chi connectivity index (χ0v) is 19.0. The molecule has 172 valence electrons. The molecule has 1 N–H and O–H groups in total. The molecule has 1 heterocycles. The highest BCUT2D eigenvalue weighted by Crippen LogP contribution is 2.28. The lowest BCUT2D eigenvalue weighted by Gasteiger charge is -2.36. The summed E-state index contributed by atoms with van der Waals surface area (Å²) >= 11 is 0. The number of carbonyl (C=O) groups excluding carboxylic acids is 2. The lowest BCUT2D eigenvalue weighted by atomic mass is 10.0. The minimum atomic E-state index is -0.233. The number of rotatable bonds is 11. The van der Waals surface area contributed by atoms with Gasteiger partial charge in [-0.2, -0.15) is 0 Å². The first kappa shape index (κ1) is 23.8. The summed E-state index contributed by atoms with van der Waals surface area (Å²) in [4.78, 5) is 29.0. The molecule has 2 aromatic carbocycles. The van der Waals surface area contributed by atoms with Crippen LogP contribution >= 0.6 is 0 Å². The average Bonchev–Trinajstić information content (AvgIpc) is 2.82. The molecule has 1 aliphatic heterocycles. The van der Waals surface area contributed by atoms with Crippen molar-refractivity contribution in [2.75, 3.05) is 63.8 Å². The van der Waals surface area contributed by atoms with Gasteiger partial charge in [-0.3, -0.25) is 14.5 Å². The molecule has 2 aromatic rings. The first-order valence-electron chi connectivity index (χ1n) is 11.1. The van der Waals surface area contributed by atoms with Crippen LogP contribution in [0.1, 0.15) is 29.6 Å². The second-order valence-electron chi connectivity index (χ2n) is 7.94. The minimum Gasteiger partial charge on any atom is -0.495 e. The van der Waals surface area contributed by atoms with Crippen LogP contribution in [0, 0.1) is 0 Å². The summed E-state index contributed by atoms with van der Waals surface area (Å²) in [6.45, 7) is 4.96. The number of ketones is 1. The molecule has 7 nitrogen and oxygen atoms in total. The summed E-state index contributed by atoms with van der Waals surface area (Å²) in [7, 11) is 3.18. The van der Waals surface area contributed by atoms with E-state index in [1.807, 2.05) is 18.2 Å². The summed E-state index contributed by atoms with van der Waals surface area (Å²) in [5, 5.41) is 2.74. The van der Waals surface area contributed by atoms with Crippen molar-refractivity contribution in [3.05, 3.63) is 54.1 Å². The van der Waals surface area contributed by atoms with Crippen molar-refractivity contribution in [1.29, 1.82) is 0 Å². The van der Waals surface area contributed by atoms with Crippen molar-refractivity contribution in [1.82, 2.24) is 4.90 Å². The van der Waals surface area contributed by atoms with Crippen LogP contribution in [0.15, 0.2) is 48.5 Å². The number of hydrogen-bond donors (Lipinski definition) is 1. The van der Waals surface area contributed by atoms with E-state index in [2.05, 4.69) is 21.2 Å². The van der Waals surface area contributed by atoms with Gasteiger partial charge >= 0.3 is 0 Å². The Kier molecular flexibility index (Phi) is 9.07. The second-order valence-corrected chi connectivity index (χ2v) is 7.94. The Labute approximate surface area is 190 Å². The zero-order valence-electron chi connectivity index (χ0n) is 19.0. The summed E-state index contributed by atoms with van der Waals surface area (Å²) in [6, 6.07) is 15.2. The molecular weight excluding hydrogens is 406 g/mol. The van der Waals surface area contributed by atoms with Crippen LogP contribution in [0.25, 0.3) is 0 Å². The number of benzene rings is 2. The number of Topliss-reactive ketones (excluding diaryl/α,β-unsaturated/α-hetero) is 1. The molecule has 1 fully saturated rings. The Bertz CT molecular complexity index is 894. The number of piperazine rings is 1. The van der Waals surface area contributed by atoms with Crippen LogP contribution in [0.4, 0.5) is 11.4 Å². The molecular formula is C25H33N3O4. The fraction of sp³-hybridized carbons (Fsp3) is 0.440. The van der Waals surface area contributed by atoms with E-state index in [1.54, 1.807) is 31.4 Å². The highest BCUT2D eigenvalue weighted by atomic mass is 16.5. The number of anilines is 2. The van der Waals surface area contributed by atoms with Gasteiger partial charge in [0.2, 0.25) is 5.91 Å². The zero-order chi connectivity index (χ0) is 22.8. The monoisotopic (exact) mass is 439 g/mol. The number of nitrogens with zero attached hydrogens (tertiary/aromatic N) is 2. The fourth-order valence-corrected chi connectivity index (χ4v) is 3.97. The second kappa shape index (κ2) is 12.2. The molecule has 0 bridgehead atoms. The number of ether oxygens (including phenoxy) is 2. The normalized spacial score (nSPS) is 14.2. The molecule has 0 unspecified atom stereocenters. The number of unbranched alkanes of at least 4 members (excludes halogenated alkanes) is 1. The largest absolute Gasteiger partial charge is 0.495 e. The number of hydrogen-bond acceptors (Lipinski definition) is 6. The Hall–Kier alpha value is -2.90. The minimum absolute atomic E-state index is 0.00860. The first-order valence-corrected chi connectivity index (χ1v) is 11.1. The van der Waals surface area contributed by atoms with E-state index in [9.17, 15) is 9.59 Å². The standard InChI is InChI=1S/C25H33N3O4/c1-31-19-25(30)26-21-9-7-8-20(18-21)23(29)11-5-6-13-27-14-16-28(17-15-27)22-10-3-4-12-24(22)32-2/h3-4,7-10,12,18H,5-6,11,13-17,19H2,1-2H3,(H,26,30). The summed E-state index contributed by atoms with van der Waals surface area (Å²) in [5.41, 5.74) is 2.40. The Morgan fingerprint density at radius 3 is 2.50 bits per heavy atom. The van der Waals surface area contributed by atoms with Gasteiger partial charge < -0.3 is 19.7 Å². The molecule has 0 radical (unpaired) electrons. The van der Waals surface area contributed by atoms with E-state index >= 15 is 0 Å². The smallest absolute Gasteiger partial charge is 0.250 e. The molecule has 0 atom stereocenters. The maximum absolute atomic E-state index is 12.6.